The predicted octanol–water partition coefficient (Wildman–Crippen LogP) is 3.15. The number of nitrogens with two attached hydrogens (primary N) is 1. The molecule has 0 radical (unpaired) electrons. The van der Waals surface area contributed by atoms with Gasteiger partial charge in [0.1, 0.15) is 5.82 Å². The third-order valence-corrected chi connectivity index (χ3v) is 4.61. The molecule has 1 aromatic heterocycles. The second kappa shape index (κ2) is 5.64. The zero-order valence-corrected chi connectivity index (χ0v) is 13.2. The van der Waals surface area contributed by atoms with E-state index in [1.165, 1.54) is 24.3 Å². The van der Waals surface area contributed by atoms with E-state index in [0.717, 1.165) is 22.4 Å². The number of halogens is 1. The molecule has 1 heterocycles. The second-order valence-electron chi connectivity index (χ2n) is 5.27. The number of rotatable bonds is 3. The van der Waals surface area contributed by atoms with E-state index >= 15 is 0 Å². The fraction of sp³-hybridized carbons (Fsp3) is 0.0588. The van der Waals surface area contributed by atoms with Crippen LogP contribution in [0.1, 0.15) is 0 Å². The molecule has 0 aliphatic rings. The van der Waals surface area contributed by atoms with Gasteiger partial charge in [-0.15, -0.1) is 0 Å². The summed E-state index contributed by atoms with van der Waals surface area (Å²) in [6.45, 7) is 0. The Morgan fingerprint density at radius 3 is 2.04 bits per heavy atom. The van der Waals surface area contributed by atoms with Crippen molar-refractivity contribution >= 4 is 10.0 Å². The average molecular weight is 330 g/mol. The van der Waals surface area contributed by atoms with E-state index in [1.54, 1.807) is 24.3 Å². The lowest BCUT2D eigenvalue weighted by molar-refractivity contribution is 0.598. The predicted molar refractivity (Wildman–Crippen MR) is 87.6 cm³/mol. The maximum atomic E-state index is 13.1. The monoisotopic (exact) mass is 330 g/mol. The molecule has 0 saturated heterocycles. The highest BCUT2D eigenvalue weighted by Crippen LogP contribution is 2.33. The van der Waals surface area contributed by atoms with Crippen LogP contribution in [0.4, 0.5) is 4.39 Å². The van der Waals surface area contributed by atoms with Crippen LogP contribution in [0.15, 0.2) is 65.7 Å². The van der Waals surface area contributed by atoms with Crippen LogP contribution in [0.3, 0.4) is 0 Å². The van der Waals surface area contributed by atoms with E-state index < -0.39 is 10.0 Å². The van der Waals surface area contributed by atoms with Crippen LogP contribution in [0.5, 0.6) is 0 Å². The van der Waals surface area contributed by atoms with Crippen LogP contribution in [0, 0.1) is 5.82 Å². The zero-order valence-electron chi connectivity index (χ0n) is 12.4. The summed E-state index contributed by atoms with van der Waals surface area (Å²) < 4.78 is 37.8. The number of aryl methyl sites for hydroxylation is 1. The fourth-order valence-electron chi connectivity index (χ4n) is 2.55. The summed E-state index contributed by atoms with van der Waals surface area (Å²) in [4.78, 5) is 0.0699. The number of hydrogen-bond acceptors (Lipinski definition) is 2. The summed E-state index contributed by atoms with van der Waals surface area (Å²) in [6, 6.07) is 14.6. The van der Waals surface area contributed by atoms with Gasteiger partial charge in [0.15, 0.2) is 0 Å². The Morgan fingerprint density at radius 1 is 0.913 bits per heavy atom. The highest BCUT2D eigenvalue weighted by molar-refractivity contribution is 7.89. The van der Waals surface area contributed by atoms with Gasteiger partial charge < -0.3 is 4.57 Å². The Bertz CT molecular complexity index is 943. The van der Waals surface area contributed by atoms with Gasteiger partial charge in [-0.2, -0.15) is 0 Å². The second-order valence-corrected chi connectivity index (χ2v) is 6.83. The van der Waals surface area contributed by atoms with Gasteiger partial charge in [-0.3, -0.25) is 0 Å². The van der Waals surface area contributed by atoms with Gasteiger partial charge in [-0.1, -0.05) is 12.1 Å². The summed E-state index contributed by atoms with van der Waals surface area (Å²) in [5.74, 6) is -0.290. The SMILES string of the molecule is Cn1ccc(-c2ccc(S(N)(=O)=O)cc2)c1-c1ccc(F)cc1. The molecule has 118 valence electrons. The van der Waals surface area contributed by atoms with Crippen molar-refractivity contribution in [3.8, 4) is 22.4 Å². The molecular formula is C17H15FN2O2S. The van der Waals surface area contributed by atoms with Crippen LogP contribution >= 0.6 is 0 Å². The molecule has 0 bridgehead atoms. The molecule has 0 amide bonds. The molecule has 4 nitrogen and oxygen atoms in total. The van der Waals surface area contributed by atoms with E-state index in [1.807, 2.05) is 23.9 Å². The topological polar surface area (TPSA) is 65.1 Å². The van der Waals surface area contributed by atoms with Crippen molar-refractivity contribution in [1.29, 1.82) is 0 Å². The highest BCUT2D eigenvalue weighted by atomic mass is 32.2. The van der Waals surface area contributed by atoms with Crippen molar-refractivity contribution in [3.05, 3.63) is 66.6 Å². The van der Waals surface area contributed by atoms with Gasteiger partial charge in [0.2, 0.25) is 10.0 Å². The first-order chi connectivity index (χ1) is 10.9. The van der Waals surface area contributed by atoms with Crippen LogP contribution in [0.25, 0.3) is 22.4 Å². The van der Waals surface area contributed by atoms with Gasteiger partial charge in [-0.05, 0) is 53.6 Å². The third kappa shape index (κ3) is 3.04. The Labute approximate surface area is 134 Å². The molecule has 0 unspecified atom stereocenters. The number of nitrogens with zero attached hydrogens (tertiary/aromatic N) is 1. The first kappa shape index (κ1) is 15.5. The van der Waals surface area contributed by atoms with Crippen molar-refractivity contribution in [1.82, 2.24) is 4.57 Å². The largest absolute Gasteiger partial charge is 0.350 e. The smallest absolute Gasteiger partial charge is 0.238 e. The molecule has 0 atom stereocenters. The van der Waals surface area contributed by atoms with Crippen LogP contribution in [0.2, 0.25) is 0 Å². The summed E-state index contributed by atoms with van der Waals surface area (Å²) in [6.07, 6.45) is 1.90. The number of hydrogen-bond donors (Lipinski definition) is 1. The molecule has 3 aromatic rings. The Balaban J connectivity index is 2.10. The molecule has 0 saturated carbocycles. The molecule has 2 aromatic carbocycles. The van der Waals surface area contributed by atoms with Gasteiger partial charge >= 0.3 is 0 Å². The molecule has 0 fully saturated rings. The molecule has 0 aliphatic carbocycles. The summed E-state index contributed by atoms with van der Waals surface area (Å²) >= 11 is 0. The van der Waals surface area contributed by atoms with Crippen molar-refractivity contribution in [2.45, 2.75) is 4.90 Å². The lowest BCUT2D eigenvalue weighted by Crippen LogP contribution is -2.11. The van der Waals surface area contributed by atoms with Crippen LogP contribution in [-0.2, 0) is 17.1 Å². The summed E-state index contributed by atoms with van der Waals surface area (Å²) in [5.41, 5.74) is 3.59. The van der Waals surface area contributed by atoms with E-state index in [2.05, 4.69) is 0 Å². The summed E-state index contributed by atoms with van der Waals surface area (Å²) in [7, 11) is -1.81. The van der Waals surface area contributed by atoms with E-state index in [4.69, 9.17) is 5.14 Å². The van der Waals surface area contributed by atoms with Crippen LogP contribution in [-0.4, -0.2) is 13.0 Å². The zero-order chi connectivity index (χ0) is 16.6. The van der Waals surface area contributed by atoms with Gasteiger partial charge in [0, 0.05) is 18.8 Å². The van der Waals surface area contributed by atoms with Crippen molar-refractivity contribution in [2.75, 3.05) is 0 Å². The van der Waals surface area contributed by atoms with Crippen molar-refractivity contribution in [2.24, 2.45) is 12.2 Å². The lowest BCUT2D eigenvalue weighted by atomic mass is 10.0. The molecule has 0 spiro atoms. The molecule has 23 heavy (non-hydrogen) atoms. The number of sulfonamides is 1. The maximum absolute atomic E-state index is 13.1. The molecule has 3 rings (SSSR count). The molecule has 2 N–H and O–H groups in total. The first-order valence-corrected chi connectivity index (χ1v) is 8.45. The van der Waals surface area contributed by atoms with Crippen molar-refractivity contribution in [3.63, 3.8) is 0 Å². The van der Waals surface area contributed by atoms with E-state index in [0.29, 0.717) is 0 Å². The summed E-state index contributed by atoms with van der Waals surface area (Å²) in [5, 5.41) is 5.12. The maximum Gasteiger partial charge on any atom is 0.238 e. The van der Waals surface area contributed by atoms with E-state index in [9.17, 15) is 12.8 Å². The normalized spacial score (nSPS) is 11.6. The standard InChI is InChI=1S/C17H15FN2O2S/c1-20-11-10-16(17(20)13-2-6-14(18)7-3-13)12-4-8-15(9-5-12)23(19,21)22/h2-11H,1H3,(H2,19,21,22). The number of primary sulfonamides is 1. The van der Waals surface area contributed by atoms with Gasteiger partial charge in [0.05, 0.1) is 10.6 Å². The Morgan fingerprint density at radius 2 is 1.48 bits per heavy atom. The highest BCUT2D eigenvalue weighted by Gasteiger charge is 2.13. The number of aromatic nitrogens is 1. The minimum atomic E-state index is -3.71. The quantitative estimate of drug-likeness (QED) is 0.802. The third-order valence-electron chi connectivity index (χ3n) is 3.68. The minimum absolute atomic E-state index is 0.0699. The van der Waals surface area contributed by atoms with Gasteiger partial charge in [0.25, 0.3) is 0 Å². The fourth-order valence-corrected chi connectivity index (χ4v) is 3.07. The van der Waals surface area contributed by atoms with Crippen molar-refractivity contribution < 1.29 is 12.8 Å². The Hall–Kier alpha value is -2.44. The van der Waals surface area contributed by atoms with Gasteiger partial charge in [-0.25, -0.2) is 17.9 Å². The molecular weight excluding hydrogens is 315 g/mol. The minimum Gasteiger partial charge on any atom is -0.350 e. The molecule has 0 aliphatic heterocycles. The molecule has 6 heteroatoms. The van der Waals surface area contributed by atoms with Crippen LogP contribution < -0.4 is 5.14 Å². The van der Waals surface area contributed by atoms with E-state index in [-0.39, 0.29) is 10.7 Å². The number of benzene rings is 2. The lowest BCUT2D eigenvalue weighted by Gasteiger charge is -2.09. The first-order valence-electron chi connectivity index (χ1n) is 6.91. The average Bonchev–Trinajstić information content (AvgIpc) is 2.89. The Kier molecular flexibility index (Phi) is 3.79.